The first-order valence-electron chi connectivity index (χ1n) is 9.34. The molecule has 0 saturated carbocycles. The van der Waals surface area contributed by atoms with Gasteiger partial charge in [0.15, 0.2) is 11.5 Å². The minimum atomic E-state index is -0.225. The number of nitrogens with one attached hydrogen (secondary N) is 2. The molecule has 29 heavy (non-hydrogen) atoms. The van der Waals surface area contributed by atoms with Crippen LogP contribution in [-0.4, -0.2) is 22.7 Å². The molecule has 4 rings (SSSR count). The zero-order valence-corrected chi connectivity index (χ0v) is 16.6. The zero-order valence-electron chi connectivity index (χ0n) is 16.6. The second kappa shape index (κ2) is 7.79. The van der Waals surface area contributed by atoms with Crippen LogP contribution in [0.2, 0.25) is 0 Å². The molecule has 148 valence electrons. The quantitative estimate of drug-likeness (QED) is 0.685. The largest absolute Gasteiger partial charge is 0.454 e. The number of rotatable bonds is 5. The first kappa shape index (κ1) is 18.7. The Morgan fingerprint density at radius 1 is 1.07 bits per heavy atom. The molecule has 0 saturated heterocycles. The van der Waals surface area contributed by atoms with E-state index >= 15 is 0 Å². The van der Waals surface area contributed by atoms with Crippen LogP contribution in [0, 0.1) is 20.8 Å². The molecular weight excluding hydrogens is 368 g/mol. The van der Waals surface area contributed by atoms with Gasteiger partial charge in [0.05, 0.1) is 11.3 Å². The number of carbonyl (C=O) groups is 1. The molecule has 1 amide bonds. The molecule has 7 heteroatoms. The van der Waals surface area contributed by atoms with E-state index in [0.717, 1.165) is 33.9 Å². The number of carbonyl (C=O) groups excluding carboxylic acids is 1. The molecule has 2 aromatic carbocycles. The molecule has 0 atom stereocenters. The summed E-state index contributed by atoms with van der Waals surface area (Å²) in [5.41, 5.74) is 5.02. The number of aromatic nitrogens is 2. The maximum atomic E-state index is 12.6. The van der Waals surface area contributed by atoms with Gasteiger partial charge in [0, 0.05) is 18.4 Å². The molecule has 0 unspecified atom stereocenters. The van der Waals surface area contributed by atoms with Gasteiger partial charge in [-0.05, 0) is 50.1 Å². The Hall–Kier alpha value is -3.61. The van der Waals surface area contributed by atoms with Crippen molar-refractivity contribution < 1.29 is 14.3 Å². The van der Waals surface area contributed by atoms with Crippen LogP contribution in [0.15, 0.2) is 42.6 Å². The van der Waals surface area contributed by atoms with Gasteiger partial charge in [-0.15, -0.1) is 0 Å². The van der Waals surface area contributed by atoms with E-state index < -0.39 is 0 Å². The number of amides is 1. The first-order valence-corrected chi connectivity index (χ1v) is 9.34. The first-order chi connectivity index (χ1) is 14.0. The SMILES string of the molecule is Cc1ccc(NC(=O)c2cnc(NCc3ccc4c(c3)OCO4)nc2C)c(C)c1. The Labute approximate surface area is 169 Å². The van der Waals surface area contributed by atoms with Crippen molar-refractivity contribution >= 4 is 17.5 Å². The fraction of sp³-hybridized carbons (Fsp3) is 0.227. The molecule has 2 N–H and O–H groups in total. The van der Waals surface area contributed by atoms with Gasteiger partial charge in [0.2, 0.25) is 12.7 Å². The highest BCUT2D eigenvalue weighted by molar-refractivity contribution is 6.05. The molecule has 2 heterocycles. The Morgan fingerprint density at radius 2 is 1.90 bits per heavy atom. The van der Waals surface area contributed by atoms with E-state index in [9.17, 15) is 4.79 Å². The van der Waals surface area contributed by atoms with Crippen LogP contribution >= 0.6 is 0 Å². The van der Waals surface area contributed by atoms with E-state index in [4.69, 9.17) is 9.47 Å². The molecule has 1 aromatic heterocycles. The predicted octanol–water partition coefficient (Wildman–Crippen LogP) is 3.99. The van der Waals surface area contributed by atoms with Crippen LogP contribution in [0.1, 0.15) is 32.7 Å². The second-order valence-electron chi connectivity index (χ2n) is 7.01. The fourth-order valence-corrected chi connectivity index (χ4v) is 3.15. The lowest BCUT2D eigenvalue weighted by Gasteiger charge is -2.11. The highest BCUT2D eigenvalue weighted by Crippen LogP contribution is 2.32. The summed E-state index contributed by atoms with van der Waals surface area (Å²) in [5.74, 6) is 1.72. The number of fused-ring (bicyclic) bond motifs is 1. The van der Waals surface area contributed by atoms with Crippen LogP contribution in [-0.2, 0) is 6.54 Å². The number of anilines is 2. The number of hydrogen-bond acceptors (Lipinski definition) is 6. The van der Waals surface area contributed by atoms with E-state index in [2.05, 4.69) is 20.6 Å². The van der Waals surface area contributed by atoms with Gasteiger partial charge < -0.3 is 20.1 Å². The van der Waals surface area contributed by atoms with Gasteiger partial charge >= 0.3 is 0 Å². The van der Waals surface area contributed by atoms with Crippen LogP contribution in [0.3, 0.4) is 0 Å². The molecule has 0 radical (unpaired) electrons. The van der Waals surface area contributed by atoms with Gasteiger partial charge in [-0.1, -0.05) is 23.8 Å². The van der Waals surface area contributed by atoms with Gasteiger partial charge in [0.1, 0.15) is 0 Å². The molecule has 1 aliphatic heterocycles. The van der Waals surface area contributed by atoms with E-state index in [-0.39, 0.29) is 12.7 Å². The van der Waals surface area contributed by atoms with Gasteiger partial charge in [0.25, 0.3) is 5.91 Å². The van der Waals surface area contributed by atoms with Gasteiger partial charge in [-0.3, -0.25) is 4.79 Å². The molecule has 0 fully saturated rings. The Morgan fingerprint density at radius 3 is 2.69 bits per heavy atom. The Balaban J connectivity index is 1.42. The van der Waals surface area contributed by atoms with Crippen molar-refractivity contribution in [1.82, 2.24) is 9.97 Å². The predicted molar refractivity (Wildman–Crippen MR) is 111 cm³/mol. The Kier molecular flexibility index (Phi) is 5.03. The van der Waals surface area contributed by atoms with Crippen LogP contribution < -0.4 is 20.1 Å². The van der Waals surface area contributed by atoms with Crippen molar-refractivity contribution in [3.8, 4) is 11.5 Å². The number of hydrogen-bond donors (Lipinski definition) is 2. The summed E-state index contributed by atoms with van der Waals surface area (Å²) in [6.07, 6.45) is 1.54. The third kappa shape index (κ3) is 4.13. The molecule has 3 aromatic rings. The summed E-state index contributed by atoms with van der Waals surface area (Å²) in [4.78, 5) is 21.3. The van der Waals surface area contributed by atoms with Crippen LogP contribution in [0.4, 0.5) is 11.6 Å². The average molecular weight is 390 g/mol. The van der Waals surface area contributed by atoms with Crippen molar-refractivity contribution in [2.24, 2.45) is 0 Å². The standard InChI is InChI=1S/C22H22N4O3/c1-13-4-6-18(14(2)8-13)26-21(27)17-11-24-22(25-15(17)3)23-10-16-5-7-19-20(9-16)29-12-28-19/h4-9,11H,10,12H2,1-3H3,(H,26,27)(H,23,24,25). The summed E-state index contributed by atoms with van der Waals surface area (Å²) < 4.78 is 10.7. The molecular formula is C22H22N4O3. The maximum Gasteiger partial charge on any atom is 0.259 e. The smallest absolute Gasteiger partial charge is 0.259 e. The monoisotopic (exact) mass is 390 g/mol. The molecule has 0 bridgehead atoms. The third-order valence-corrected chi connectivity index (χ3v) is 4.74. The summed E-state index contributed by atoms with van der Waals surface area (Å²) in [7, 11) is 0. The Bertz CT molecular complexity index is 1080. The summed E-state index contributed by atoms with van der Waals surface area (Å²) in [5, 5.41) is 6.10. The summed E-state index contributed by atoms with van der Waals surface area (Å²) >= 11 is 0. The van der Waals surface area contributed by atoms with E-state index in [1.165, 1.54) is 0 Å². The lowest BCUT2D eigenvalue weighted by atomic mass is 10.1. The zero-order chi connectivity index (χ0) is 20.4. The normalized spacial score (nSPS) is 12.0. The highest BCUT2D eigenvalue weighted by atomic mass is 16.7. The maximum absolute atomic E-state index is 12.6. The number of aryl methyl sites for hydroxylation is 3. The van der Waals surface area contributed by atoms with Crippen molar-refractivity contribution in [2.45, 2.75) is 27.3 Å². The third-order valence-electron chi connectivity index (χ3n) is 4.74. The average Bonchev–Trinajstić information content (AvgIpc) is 3.16. The van der Waals surface area contributed by atoms with Gasteiger partial charge in [-0.2, -0.15) is 0 Å². The van der Waals surface area contributed by atoms with Crippen LogP contribution in [0.25, 0.3) is 0 Å². The van der Waals surface area contributed by atoms with E-state index in [0.29, 0.717) is 23.8 Å². The number of benzene rings is 2. The van der Waals surface area contributed by atoms with Crippen molar-refractivity contribution in [1.29, 1.82) is 0 Å². The fourth-order valence-electron chi connectivity index (χ4n) is 3.15. The van der Waals surface area contributed by atoms with Crippen LogP contribution in [0.5, 0.6) is 11.5 Å². The minimum absolute atomic E-state index is 0.225. The minimum Gasteiger partial charge on any atom is -0.454 e. The van der Waals surface area contributed by atoms with E-state index in [1.807, 2.05) is 50.2 Å². The molecule has 0 spiro atoms. The van der Waals surface area contributed by atoms with Crippen molar-refractivity contribution in [3.63, 3.8) is 0 Å². The molecule has 7 nitrogen and oxygen atoms in total. The highest BCUT2D eigenvalue weighted by Gasteiger charge is 2.15. The van der Waals surface area contributed by atoms with Crippen molar-refractivity contribution in [3.05, 3.63) is 70.5 Å². The van der Waals surface area contributed by atoms with Gasteiger partial charge in [-0.25, -0.2) is 9.97 Å². The molecule has 0 aliphatic carbocycles. The summed E-state index contributed by atoms with van der Waals surface area (Å²) in [6.45, 7) is 6.57. The van der Waals surface area contributed by atoms with E-state index in [1.54, 1.807) is 13.1 Å². The topological polar surface area (TPSA) is 85.4 Å². The molecule has 1 aliphatic rings. The summed E-state index contributed by atoms with van der Waals surface area (Å²) in [6, 6.07) is 11.7. The number of ether oxygens (including phenoxy) is 2. The second-order valence-corrected chi connectivity index (χ2v) is 7.01. The lowest BCUT2D eigenvalue weighted by Crippen LogP contribution is -2.16. The van der Waals surface area contributed by atoms with Crippen molar-refractivity contribution in [2.75, 3.05) is 17.4 Å². The lowest BCUT2D eigenvalue weighted by molar-refractivity contribution is 0.102. The number of nitrogens with zero attached hydrogens (tertiary/aromatic N) is 2.